The van der Waals surface area contributed by atoms with Gasteiger partial charge >= 0.3 is 12.0 Å². The topological polar surface area (TPSA) is 122 Å². The number of carboxylic acids is 1. The van der Waals surface area contributed by atoms with E-state index in [1.54, 1.807) is 0 Å². The molecule has 0 fully saturated rings. The van der Waals surface area contributed by atoms with Gasteiger partial charge in [0.1, 0.15) is 5.75 Å². The van der Waals surface area contributed by atoms with E-state index < -0.39 is 22.8 Å². The summed E-state index contributed by atoms with van der Waals surface area (Å²) >= 11 is 0. The average Bonchev–Trinajstić information content (AvgIpc) is 2.46. The normalized spacial score (nSPS) is 11.4. The van der Waals surface area contributed by atoms with Crippen molar-refractivity contribution in [3.05, 3.63) is 28.3 Å². The molecule has 0 heterocycles. The molecule has 0 aromatic heterocycles. The summed E-state index contributed by atoms with van der Waals surface area (Å²) in [6.45, 7) is 1.47. The Balaban J connectivity index is 2.88. The molecule has 1 rings (SSSR count). The molecule has 0 saturated heterocycles. The third-order valence-electron chi connectivity index (χ3n) is 2.95. The summed E-state index contributed by atoms with van der Waals surface area (Å²) in [6, 6.07) is 3.20. The number of nitrogens with zero attached hydrogens (tertiary/aromatic N) is 2. The van der Waals surface area contributed by atoms with Crippen LogP contribution in [-0.2, 0) is 4.79 Å². The van der Waals surface area contributed by atoms with Crippen molar-refractivity contribution in [2.24, 2.45) is 5.92 Å². The highest BCUT2D eigenvalue weighted by Crippen LogP contribution is 2.29. The Kier molecular flexibility index (Phi) is 5.67. The van der Waals surface area contributed by atoms with Gasteiger partial charge in [-0.1, -0.05) is 6.92 Å². The van der Waals surface area contributed by atoms with Crippen molar-refractivity contribution in [1.82, 2.24) is 4.90 Å². The van der Waals surface area contributed by atoms with Crippen LogP contribution < -0.4 is 10.1 Å². The molecule has 0 saturated carbocycles. The third kappa shape index (κ3) is 4.33. The fourth-order valence-electron chi connectivity index (χ4n) is 1.69. The second-order valence-corrected chi connectivity index (χ2v) is 4.69. The van der Waals surface area contributed by atoms with Gasteiger partial charge < -0.3 is 20.1 Å². The van der Waals surface area contributed by atoms with Gasteiger partial charge in [0.05, 0.1) is 23.6 Å². The number of methoxy groups -OCH3 is 1. The van der Waals surface area contributed by atoms with Crippen LogP contribution in [0.3, 0.4) is 0 Å². The van der Waals surface area contributed by atoms with Crippen LogP contribution in [0.15, 0.2) is 18.2 Å². The Morgan fingerprint density at radius 1 is 1.50 bits per heavy atom. The van der Waals surface area contributed by atoms with E-state index in [0.29, 0.717) is 0 Å². The van der Waals surface area contributed by atoms with Crippen LogP contribution in [0.25, 0.3) is 0 Å². The largest absolute Gasteiger partial charge is 0.495 e. The molecular weight excluding hydrogens is 294 g/mol. The smallest absolute Gasteiger partial charge is 0.321 e. The molecular formula is C13H17N3O6. The number of benzene rings is 1. The zero-order valence-electron chi connectivity index (χ0n) is 12.4. The zero-order chi connectivity index (χ0) is 16.9. The molecule has 1 aromatic rings. The molecule has 1 aromatic carbocycles. The number of amides is 2. The Morgan fingerprint density at radius 2 is 2.14 bits per heavy atom. The van der Waals surface area contributed by atoms with E-state index in [1.165, 1.54) is 44.2 Å². The molecule has 9 heteroatoms. The number of rotatable bonds is 6. The van der Waals surface area contributed by atoms with Crippen molar-refractivity contribution in [1.29, 1.82) is 0 Å². The predicted octanol–water partition coefficient (Wildman–Crippen LogP) is 1.79. The minimum atomic E-state index is -1.02. The molecule has 2 amide bonds. The molecule has 0 bridgehead atoms. The first kappa shape index (κ1) is 17.2. The quantitative estimate of drug-likeness (QED) is 0.610. The minimum Gasteiger partial charge on any atom is -0.495 e. The molecule has 0 aliphatic carbocycles. The number of hydrogen-bond donors (Lipinski definition) is 2. The van der Waals surface area contributed by atoms with Crippen LogP contribution in [0.1, 0.15) is 6.92 Å². The number of nitro benzene ring substituents is 1. The predicted molar refractivity (Wildman–Crippen MR) is 78.1 cm³/mol. The van der Waals surface area contributed by atoms with Crippen LogP contribution in [0.5, 0.6) is 5.75 Å². The SMILES string of the molecule is COc1ccc([N+](=O)[O-])cc1NC(=O)N(C)CC(C)C(=O)O. The van der Waals surface area contributed by atoms with Gasteiger partial charge in [0.25, 0.3) is 5.69 Å². The molecule has 1 unspecified atom stereocenters. The van der Waals surface area contributed by atoms with E-state index in [-0.39, 0.29) is 23.7 Å². The van der Waals surface area contributed by atoms with Crippen LogP contribution >= 0.6 is 0 Å². The number of non-ortho nitro benzene ring substituents is 1. The monoisotopic (exact) mass is 311 g/mol. The van der Waals surface area contributed by atoms with Gasteiger partial charge in [-0.2, -0.15) is 0 Å². The molecule has 0 spiro atoms. The maximum absolute atomic E-state index is 12.0. The maximum atomic E-state index is 12.0. The van der Waals surface area contributed by atoms with Crippen molar-refractivity contribution in [2.45, 2.75) is 6.92 Å². The number of ether oxygens (including phenoxy) is 1. The van der Waals surface area contributed by atoms with Crippen LogP contribution in [0, 0.1) is 16.0 Å². The summed E-state index contributed by atoms with van der Waals surface area (Å²) in [4.78, 5) is 34.2. The molecule has 0 aliphatic rings. The second-order valence-electron chi connectivity index (χ2n) is 4.69. The van der Waals surface area contributed by atoms with Crippen LogP contribution in [0.2, 0.25) is 0 Å². The van der Waals surface area contributed by atoms with Gasteiger partial charge in [-0.15, -0.1) is 0 Å². The number of anilines is 1. The lowest BCUT2D eigenvalue weighted by atomic mass is 10.2. The first-order chi connectivity index (χ1) is 10.3. The van der Waals surface area contributed by atoms with E-state index >= 15 is 0 Å². The number of urea groups is 1. The number of carbonyl (C=O) groups excluding carboxylic acids is 1. The lowest BCUT2D eigenvalue weighted by molar-refractivity contribution is -0.384. The fraction of sp³-hybridized carbons (Fsp3) is 0.385. The lowest BCUT2D eigenvalue weighted by Crippen LogP contribution is -2.36. The van der Waals surface area contributed by atoms with E-state index in [4.69, 9.17) is 9.84 Å². The number of nitrogens with one attached hydrogen (secondary N) is 1. The number of hydrogen-bond acceptors (Lipinski definition) is 5. The van der Waals surface area contributed by atoms with Gasteiger partial charge in [-0.05, 0) is 6.07 Å². The number of carboxylic acid groups (broad SMARTS) is 1. The summed E-state index contributed by atoms with van der Waals surface area (Å²) in [6.07, 6.45) is 0. The van der Waals surface area contributed by atoms with Crippen molar-refractivity contribution in [3.63, 3.8) is 0 Å². The zero-order valence-corrected chi connectivity index (χ0v) is 12.4. The number of carbonyl (C=O) groups is 2. The molecule has 2 N–H and O–H groups in total. The van der Waals surface area contributed by atoms with Crippen molar-refractivity contribution in [3.8, 4) is 5.75 Å². The van der Waals surface area contributed by atoms with E-state index in [9.17, 15) is 19.7 Å². The van der Waals surface area contributed by atoms with E-state index in [0.717, 1.165) is 0 Å². The Morgan fingerprint density at radius 3 is 2.64 bits per heavy atom. The van der Waals surface area contributed by atoms with Crippen molar-refractivity contribution >= 4 is 23.4 Å². The van der Waals surface area contributed by atoms with Gasteiger partial charge in [-0.25, -0.2) is 4.79 Å². The molecule has 9 nitrogen and oxygen atoms in total. The number of aliphatic carboxylic acids is 1. The van der Waals surface area contributed by atoms with Gasteiger partial charge in [0.15, 0.2) is 0 Å². The average molecular weight is 311 g/mol. The molecule has 0 radical (unpaired) electrons. The van der Waals surface area contributed by atoms with Gasteiger partial charge in [0.2, 0.25) is 0 Å². The molecule has 22 heavy (non-hydrogen) atoms. The first-order valence-electron chi connectivity index (χ1n) is 6.33. The Bertz CT molecular complexity index is 589. The van der Waals surface area contributed by atoms with Crippen LogP contribution in [0.4, 0.5) is 16.2 Å². The third-order valence-corrected chi connectivity index (χ3v) is 2.95. The maximum Gasteiger partial charge on any atom is 0.321 e. The van der Waals surface area contributed by atoms with Gasteiger partial charge in [0, 0.05) is 25.7 Å². The van der Waals surface area contributed by atoms with E-state index in [2.05, 4.69) is 5.32 Å². The summed E-state index contributed by atoms with van der Waals surface area (Å²) in [7, 11) is 2.80. The lowest BCUT2D eigenvalue weighted by Gasteiger charge is -2.20. The summed E-state index contributed by atoms with van der Waals surface area (Å²) in [5, 5.41) is 22.1. The summed E-state index contributed by atoms with van der Waals surface area (Å²) in [5.41, 5.74) is -0.0609. The molecule has 0 aliphatic heterocycles. The molecule has 1 atom stereocenters. The highest BCUT2D eigenvalue weighted by Gasteiger charge is 2.19. The first-order valence-corrected chi connectivity index (χ1v) is 6.33. The minimum absolute atomic E-state index is 0.00158. The highest BCUT2D eigenvalue weighted by molar-refractivity contribution is 5.91. The Labute approximate surface area is 126 Å². The van der Waals surface area contributed by atoms with Gasteiger partial charge in [-0.3, -0.25) is 14.9 Å². The second kappa shape index (κ2) is 7.25. The van der Waals surface area contributed by atoms with Crippen molar-refractivity contribution < 1.29 is 24.4 Å². The number of nitro groups is 1. The fourth-order valence-corrected chi connectivity index (χ4v) is 1.69. The summed E-state index contributed by atoms with van der Waals surface area (Å²) in [5.74, 6) is -1.49. The summed E-state index contributed by atoms with van der Waals surface area (Å²) < 4.78 is 5.03. The van der Waals surface area contributed by atoms with Crippen molar-refractivity contribution in [2.75, 3.05) is 26.0 Å². The van der Waals surface area contributed by atoms with Crippen LogP contribution in [-0.4, -0.2) is 47.6 Å². The van der Waals surface area contributed by atoms with E-state index in [1.807, 2.05) is 0 Å². The molecule has 120 valence electrons. The standard InChI is InChI=1S/C13H17N3O6/c1-8(12(17)18)7-15(2)13(19)14-10-6-9(16(20)21)4-5-11(10)22-3/h4-6,8H,7H2,1-3H3,(H,14,19)(H,17,18). The Hall–Kier alpha value is -2.84. The highest BCUT2D eigenvalue weighted by atomic mass is 16.6.